The number of carbonyl (C=O) groups is 1. The zero-order chi connectivity index (χ0) is 12.7. The molecule has 94 valence electrons. The van der Waals surface area contributed by atoms with Crippen molar-refractivity contribution in [1.82, 2.24) is 4.98 Å². The Hall–Kier alpha value is -1.58. The van der Waals surface area contributed by atoms with Gasteiger partial charge in [-0.25, -0.2) is 0 Å². The van der Waals surface area contributed by atoms with Gasteiger partial charge in [-0.05, 0) is 24.5 Å². The highest BCUT2D eigenvalue weighted by Crippen LogP contribution is 2.23. The number of carbonyl (C=O) groups excluding carboxylic acids is 1. The summed E-state index contributed by atoms with van der Waals surface area (Å²) in [4.78, 5) is 15.7. The van der Waals surface area contributed by atoms with Crippen molar-refractivity contribution < 1.29 is 14.3 Å². The first kappa shape index (κ1) is 13.5. The second-order valence-electron chi connectivity index (χ2n) is 3.79. The maximum absolute atomic E-state index is 11.6. The van der Waals surface area contributed by atoms with Crippen LogP contribution in [0.1, 0.15) is 38.2 Å². The Labute approximate surface area is 102 Å². The van der Waals surface area contributed by atoms with E-state index in [2.05, 4.69) is 4.98 Å². The molecule has 1 heterocycles. The van der Waals surface area contributed by atoms with E-state index in [4.69, 9.17) is 9.47 Å². The van der Waals surface area contributed by atoms with Gasteiger partial charge in [0, 0.05) is 6.20 Å². The van der Waals surface area contributed by atoms with E-state index in [0.717, 1.165) is 12.0 Å². The second kappa shape index (κ2) is 6.89. The summed E-state index contributed by atoms with van der Waals surface area (Å²) in [5.74, 6) is 0.200. The Morgan fingerprint density at radius 2 is 2.18 bits per heavy atom. The Balaban J connectivity index is 2.84. The first-order valence-electron chi connectivity index (χ1n) is 5.88. The van der Waals surface area contributed by atoms with Crippen LogP contribution in [0.4, 0.5) is 0 Å². The van der Waals surface area contributed by atoms with Crippen LogP contribution in [0.3, 0.4) is 0 Å². The normalized spacial score (nSPS) is 11.9. The number of methoxy groups -OCH3 is 1. The van der Waals surface area contributed by atoms with Gasteiger partial charge in [0.05, 0.1) is 25.8 Å². The number of rotatable bonds is 6. The molecule has 0 aliphatic heterocycles. The molecule has 0 aliphatic carbocycles. The molecule has 1 atom stereocenters. The first-order chi connectivity index (χ1) is 8.22. The van der Waals surface area contributed by atoms with E-state index in [9.17, 15) is 4.79 Å². The van der Waals surface area contributed by atoms with E-state index in [1.54, 1.807) is 12.4 Å². The lowest BCUT2D eigenvalue weighted by molar-refractivity contribution is -0.142. The molecule has 1 rings (SSSR count). The van der Waals surface area contributed by atoms with Gasteiger partial charge in [-0.15, -0.1) is 0 Å². The summed E-state index contributed by atoms with van der Waals surface area (Å²) in [6.45, 7) is 4.64. The largest absolute Gasteiger partial charge is 0.492 e. The third-order valence-corrected chi connectivity index (χ3v) is 2.50. The topological polar surface area (TPSA) is 48.4 Å². The molecule has 1 unspecified atom stereocenters. The van der Waals surface area contributed by atoms with E-state index in [1.807, 2.05) is 19.9 Å². The molecule has 0 bridgehead atoms. The molecule has 1 aromatic rings. The summed E-state index contributed by atoms with van der Waals surface area (Å²) in [5.41, 5.74) is 0.841. The van der Waals surface area contributed by atoms with Gasteiger partial charge in [0.1, 0.15) is 5.75 Å². The van der Waals surface area contributed by atoms with Crippen molar-refractivity contribution in [3.8, 4) is 5.75 Å². The monoisotopic (exact) mass is 237 g/mol. The van der Waals surface area contributed by atoms with Gasteiger partial charge in [0.25, 0.3) is 0 Å². The molecule has 0 saturated carbocycles. The number of aromatic nitrogens is 1. The summed E-state index contributed by atoms with van der Waals surface area (Å²) < 4.78 is 10.3. The highest BCUT2D eigenvalue weighted by molar-refractivity contribution is 5.77. The fourth-order valence-electron chi connectivity index (χ4n) is 1.61. The van der Waals surface area contributed by atoms with E-state index in [-0.39, 0.29) is 11.9 Å². The molecule has 0 fully saturated rings. The molecule has 1 aromatic heterocycles. The van der Waals surface area contributed by atoms with Crippen LogP contribution in [0.25, 0.3) is 0 Å². The second-order valence-corrected chi connectivity index (χ2v) is 3.79. The zero-order valence-electron chi connectivity index (χ0n) is 10.6. The molecule has 4 heteroatoms. The lowest BCUT2D eigenvalue weighted by Crippen LogP contribution is -2.13. The quantitative estimate of drug-likeness (QED) is 0.713. The van der Waals surface area contributed by atoms with Crippen molar-refractivity contribution in [3.63, 3.8) is 0 Å². The minimum absolute atomic E-state index is 0.234. The minimum Gasteiger partial charge on any atom is -0.492 e. The SMILES string of the molecule is CCCOc1cncc(C(CC)C(=O)OC)c1. The van der Waals surface area contributed by atoms with Crippen LogP contribution in [-0.2, 0) is 9.53 Å². The highest BCUT2D eigenvalue weighted by Gasteiger charge is 2.20. The molecule has 0 N–H and O–H groups in total. The van der Waals surface area contributed by atoms with Crippen molar-refractivity contribution >= 4 is 5.97 Å². The fraction of sp³-hybridized carbons (Fsp3) is 0.538. The average molecular weight is 237 g/mol. The van der Waals surface area contributed by atoms with Crippen molar-refractivity contribution in [1.29, 1.82) is 0 Å². The molecule has 17 heavy (non-hydrogen) atoms. The van der Waals surface area contributed by atoms with Crippen molar-refractivity contribution in [2.75, 3.05) is 13.7 Å². The predicted molar refractivity (Wildman–Crippen MR) is 65.1 cm³/mol. The molecular weight excluding hydrogens is 218 g/mol. The van der Waals surface area contributed by atoms with Crippen molar-refractivity contribution in [3.05, 3.63) is 24.0 Å². The number of pyridine rings is 1. The smallest absolute Gasteiger partial charge is 0.313 e. The Morgan fingerprint density at radius 1 is 1.41 bits per heavy atom. The third kappa shape index (κ3) is 3.73. The Morgan fingerprint density at radius 3 is 2.76 bits per heavy atom. The number of ether oxygens (including phenoxy) is 2. The number of esters is 1. The van der Waals surface area contributed by atoms with E-state index in [1.165, 1.54) is 7.11 Å². The predicted octanol–water partition coefficient (Wildman–Crippen LogP) is 2.54. The van der Waals surface area contributed by atoms with Gasteiger partial charge in [0.2, 0.25) is 0 Å². The molecule has 0 saturated heterocycles. The van der Waals surface area contributed by atoms with Crippen LogP contribution in [-0.4, -0.2) is 24.7 Å². The molecule has 0 radical (unpaired) electrons. The van der Waals surface area contributed by atoms with E-state index >= 15 is 0 Å². The highest BCUT2D eigenvalue weighted by atomic mass is 16.5. The number of hydrogen-bond donors (Lipinski definition) is 0. The maximum Gasteiger partial charge on any atom is 0.313 e. The van der Waals surface area contributed by atoms with Crippen LogP contribution in [0.2, 0.25) is 0 Å². The molecule has 4 nitrogen and oxygen atoms in total. The van der Waals surface area contributed by atoms with Gasteiger partial charge in [-0.1, -0.05) is 13.8 Å². The molecule has 0 amide bonds. The van der Waals surface area contributed by atoms with Crippen LogP contribution in [0.5, 0.6) is 5.75 Å². The Bertz CT molecular complexity index is 365. The summed E-state index contributed by atoms with van der Waals surface area (Å²) >= 11 is 0. The Kier molecular flexibility index (Phi) is 5.46. The third-order valence-electron chi connectivity index (χ3n) is 2.50. The zero-order valence-corrected chi connectivity index (χ0v) is 10.6. The fourth-order valence-corrected chi connectivity index (χ4v) is 1.61. The lowest BCUT2D eigenvalue weighted by Gasteiger charge is -2.13. The van der Waals surface area contributed by atoms with Crippen molar-refractivity contribution in [2.45, 2.75) is 32.6 Å². The van der Waals surface area contributed by atoms with Gasteiger partial charge in [-0.2, -0.15) is 0 Å². The van der Waals surface area contributed by atoms with Gasteiger partial charge in [0.15, 0.2) is 0 Å². The van der Waals surface area contributed by atoms with Crippen LogP contribution < -0.4 is 4.74 Å². The summed E-state index contributed by atoms with van der Waals surface area (Å²) in [5, 5.41) is 0. The van der Waals surface area contributed by atoms with Gasteiger partial charge < -0.3 is 9.47 Å². The van der Waals surface area contributed by atoms with E-state index in [0.29, 0.717) is 18.8 Å². The molecule has 0 aromatic carbocycles. The van der Waals surface area contributed by atoms with Crippen LogP contribution in [0, 0.1) is 0 Å². The van der Waals surface area contributed by atoms with E-state index < -0.39 is 0 Å². The maximum atomic E-state index is 11.6. The van der Waals surface area contributed by atoms with Crippen LogP contribution >= 0.6 is 0 Å². The molecular formula is C13H19NO3. The molecule has 0 aliphatic rings. The standard InChI is InChI=1S/C13H19NO3/c1-4-6-17-11-7-10(8-14-9-11)12(5-2)13(15)16-3/h7-9,12H,4-6H2,1-3H3. The van der Waals surface area contributed by atoms with Crippen molar-refractivity contribution in [2.24, 2.45) is 0 Å². The van der Waals surface area contributed by atoms with Gasteiger partial charge >= 0.3 is 5.97 Å². The summed E-state index contributed by atoms with van der Waals surface area (Å²) in [6.07, 6.45) is 4.97. The van der Waals surface area contributed by atoms with Gasteiger partial charge in [-0.3, -0.25) is 9.78 Å². The average Bonchev–Trinajstić information content (AvgIpc) is 2.37. The summed E-state index contributed by atoms with van der Waals surface area (Å²) in [7, 11) is 1.40. The number of hydrogen-bond acceptors (Lipinski definition) is 4. The summed E-state index contributed by atoms with van der Waals surface area (Å²) in [6, 6.07) is 1.85. The van der Waals surface area contributed by atoms with Crippen LogP contribution in [0.15, 0.2) is 18.5 Å². The first-order valence-corrected chi connectivity index (χ1v) is 5.88. The molecule has 0 spiro atoms. The number of nitrogens with zero attached hydrogens (tertiary/aromatic N) is 1. The lowest BCUT2D eigenvalue weighted by atomic mass is 9.98. The minimum atomic E-state index is -0.266.